The van der Waals surface area contributed by atoms with Gasteiger partial charge in [0.15, 0.2) is 0 Å². The zero-order chi connectivity index (χ0) is 14.3. The molecule has 1 aromatic heterocycles. The van der Waals surface area contributed by atoms with Crippen LogP contribution in [0.2, 0.25) is 0 Å². The Morgan fingerprint density at radius 1 is 1.25 bits per heavy atom. The number of hydrogen-bond acceptors (Lipinski definition) is 2. The van der Waals surface area contributed by atoms with Crippen molar-refractivity contribution in [1.29, 1.82) is 0 Å². The highest BCUT2D eigenvalue weighted by Gasteiger charge is 2.10. The Morgan fingerprint density at radius 2 is 2.05 bits per heavy atom. The molecule has 0 atom stereocenters. The highest BCUT2D eigenvalue weighted by Crippen LogP contribution is 2.27. The second-order valence-electron chi connectivity index (χ2n) is 4.58. The van der Waals surface area contributed by atoms with Gasteiger partial charge in [-0.3, -0.25) is 0 Å². The first-order valence-corrected chi connectivity index (χ1v) is 6.83. The molecular weight excluding hydrogens is 320 g/mol. The third-order valence-corrected chi connectivity index (χ3v) is 3.68. The van der Waals surface area contributed by atoms with Crippen LogP contribution in [-0.4, -0.2) is 21.0 Å². The number of nitrogens with zero attached hydrogens (tertiary/aromatic N) is 1. The van der Waals surface area contributed by atoms with Gasteiger partial charge in [0, 0.05) is 10.0 Å². The van der Waals surface area contributed by atoms with Crippen LogP contribution in [0.25, 0.3) is 22.4 Å². The fourth-order valence-electron chi connectivity index (χ4n) is 2.12. The number of rotatable bonds is 2. The van der Waals surface area contributed by atoms with Crippen molar-refractivity contribution >= 4 is 32.9 Å². The Hall–Kier alpha value is -2.14. The molecule has 0 spiro atoms. The molecule has 20 heavy (non-hydrogen) atoms. The molecule has 5 heteroatoms. The van der Waals surface area contributed by atoms with Crippen molar-refractivity contribution < 1.29 is 9.90 Å². The van der Waals surface area contributed by atoms with E-state index >= 15 is 0 Å². The van der Waals surface area contributed by atoms with Gasteiger partial charge in [-0.15, -0.1) is 0 Å². The molecule has 0 fully saturated rings. The Balaban J connectivity index is 2.17. The largest absolute Gasteiger partial charge is 0.478 e. The van der Waals surface area contributed by atoms with E-state index < -0.39 is 5.97 Å². The van der Waals surface area contributed by atoms with Crippen molar-refractivity contribution in [1.82, 2.24) is 9.97 Å². The average molecular weight is 331 g/mol. The topological polar surface area (TPSA) is 66.0 Å². The lowest BCUT2D eigenvalue weighted by molar-refractivity contribution is 0.0697. The molecule has 0 aliphatic heterocycles. The van der Waals surface area contributed by atoms with Crippen LogP contribution in [0.4, 0.5) is 0 Å². The Labute approximate surface area is 123 Å². The van der Waals surface area contributed by atoms with E-state index in [-0.39, 0.29) is 5.56 Å². The minimum Gasteiger partial charge on any atom is -0.478 e. The van der Waals surface area contributed by atoms with Crippen LogP contribution in [0.3, 0.4) is 0 Å². The van der Waals surface area contributed by atoms with Crippen molar-refractivity contribution in [3.63, 3.8) is 0 Å². The van der Waals surface area contributed by atoms with Gasteiger partial charge in [0.25, 0.3) is 0 Å². The van der Waals surface area contributed by atoms with Gasteiger partial charge in [0.1, 0.15) is 5.82 Å². The lowest BCUT2D eigenvalue weighted by atomic mass is 10.1. The van der Waals surface area contributed by atoms with Gasteiger partial charge in [-0.05, 0) is 42.8 Å². The summed E-state index contributed by atoms with van der Waals surface area (Å²) < 4.78 is 0.977. The first-order valence-electron chi connectivity index (χ1n) is 6.04. The van der Waals surface area contributed by atoms with Crippen molar-refractivity contribution in [2.75, 3.05) is 0 Å². The molecule has 0 bridgehead atoms. The number of aryl methyl sites for hydroxylation is 1. The zero-order valence-corrected chi connectivity index (χ0v) is 12.2. The lowest BCUT2D eigenvalue weighted by Gasteiger charge is -2.02. The van der Waals surface area contributed by atoms with Gasteiger partial charge >= 0.3 is 5.97 Å². The van der Waals surface area contributed by atoms with Gasteiger partial charge in [0.05, 0.1) is 16.6 Å². The maximum Gasteiger partial charge on any atom is 0.335 e. The van der Waals surface area contributed by atoms with Gasteiger partial charge in [-0.2, -0.15) is 0 Å². The third-order valence-electron chi connectivity index (χ3n) is 3.18. The number of hydrogen-bond donors (Lipinski definition) is 2. The van der Waals surface area contributed by atoms with Crippen molar-refractivity contribution in [2.45, 2.75) is 6.92 Å². The summed E-state index contributed by atoms with van der Waals surface area (Å²) >= 11 is 3.45. The SMILES string of the molecule is Cc1ccc(Br)cc1-c1nc2ccc(C(=O)O)cc2[nH]1. The maximum atomic E-state index is 11.0. The molecule has 0 amide bonds. The summed E-state index contributed by atoms with van der Waals surface area (Å²) in [6, 6.07) is 10.8. The molecule has 0 aliphatic rings. The predicted octanol–water partition coefficient (Wildman–Crippen LogP) is 4.00. The van der Waals surface area contributed by atoms with Crippen LogP contribution in [0.15, 0.2) is 40.9 Å². The molecular formula is C15H11BrN2O2. The second-order valence-corrected chi connectivity index (χ2v) is 5.50. The van der Waals surface area contributed by atoms with Crippen LogP contribution in [0, 0.1) is 6.92 Å². The first kappa shape index (κ1) is 12.9. The maximum absolute atomic E-state index is 11.0. The number of aromatic carboxylic acids is 1. The number of halogens is 1. The zero-order valence-electron chi connectivity index (χ0n) is 10.6. The highest BCUT2D eigenvalue weighted by atomic mass is 79.9. The van der Waals surface area contributed by atoms with Gasteiger partial charge in [-0.1, -0.05) is 22.0 Å². The third kappa shape index (κ3) is 2.20. The summed E-state index contributed by atoms with van der Waals surface area (Å²) in [6.45, 7) is 2.01. The van der Waals surface area contributed by atoms with E-state index in [0.29, 0.717) is 0 Å². The second kappa shape index (κ2) is 4.76. The highest BCUT2D eigenvalue weighted by molar-refractivity contribution is 9.10. The Morgan fingerprint density at radius 3 is 2.80 bits per heavy atom. The standard InChI is InChI=1S/C15H11BrN2O2/c1-8-2-4-10(16)7-11(8)14-17-12-5-3-9(15(19)20)6-13(12)18-14/h2-7H,1H3,(H,17,18)(H,19,20). The van der Waals surface area contributed by atoms with E-state index in [0.717, 1.165) is 32.5 Å². The van der Waals surface area contributed by atoms with Crippen LogP contribution in [0.5, 0.6) is 0 Å². The molecule has 1 heterocycles. The van der Waals surface area contributed by atoms with Crippen LogP contribution in [0.1, 0.15) is 15.9 Å². The number of carbonyl (C=O) groups is 1. The van der Waals surface area contributed by atoms with Gasteiger partial charge in [-0.25, -0.2) is 9.78 Å². The Kier molecular flexibility index (Phi) is 3.06. The van der Waals surface area contributed by atoms with Crippen molar-refractivity contribution in [3.8, 4) is 11.4 Å². The van der Waals surface area contributed by atoms with Gasteiger partial charge in [0.2, 0.25) is 0 Å². The summed E-state index contributed by atoms with van der Waals surface area (Å²) in [5.74, 6) is -0.206. The van der Waals surface area contributed by atoms with E-state index in [1.807, 2.05) is 25.1 Å². The number of benzene rings is 2. The summed E-state index contributed by atoms with van der Waals surface area (Å²) in [4.78, 5) is 18.7. The average Bonchev–Trinajstić information content (AvgIpc) is 2.83. The fraction of sp³-hybridized carbons (Fsp3) is 0.0667. The van der Waals surface area contributed by atoms with E-state index in [4.69, 9.17) is 5.11 Å². The normalized spacial score (nSPS) is 10.9. The molecule has 0 saturated heterocycles. The van der Waals surface area contributed by atoms with E-state index in [9.17, 15) is 4.79 Å². The lowest BCUT2D eigenvalue weighted by Crippen LogP contribution is -1.94. The first-order chi connectivity index (χ1) is 9.54. The van der Waals surface area contributed by atoms with Crippen LogP contribution in [-0.2, 0) is 0 Å². The molecule has 3 rings (SSSR count). The summed E-state index contributed by atoms with van der Waals surface area (Å²) in [7, 11) is 0. The molecule has 0 aliphatic carbocycles. The van der Waals surface area contributed by atoms with Crippen LogP contribution < -0.4 is 0 Å². The summed E-state index contributed by atoms with van der Waals surface area (Å²) in [6.07, 6.45) is 0. The van der Waals surface area contributed by atoms with Gasteiger partial charge < -0.3 is 10.1 Å². The molecule has 4 nitrogen and oxygen atoms in total. The molecule has 0 radical (unpaired) electrons. The molecule has 100 valence electrons. The number of aromatic amines is 1. The van der Waals surface area contributed by atoms with E-state index in [1.165, 1.54) is 0 Å². The number of carboxylic acid groups (broad SMARTS) is 1. The fourth-order valence-corrected chi connectivity index (χ4v) is 2.48. The van der Waals surface area contributed by atoms with Crippen molar-refractivity contribution in [2.24, 2.45) is 0 Å². The molecule has 2 aromatic carbocycles. The smallest absolute Gasteiger partial charge is 0.335 e. The van der Waals surface area contributed by atoms with Crippen molar-refractivity contribution in [3.05, 3.63) is 52.0 Å². The molecule has 0 saturated carbocycles. The number of carboxylic acids is 1. The minimum absolute atomic E-state index is 0.249. The molecule has 0 unspecified atom stereocenters. The summed E-state index contributed by atoms with van der Waals surface area (Å²) in [5.41, 5.74) is 3.82. The number of H-pyrrole nitrogens is 1. The number of fused-ring (bicyclic) bond motifs is 1. The molecule has 2 N–H and O–H groups in total. The number of nitrogens with one attached hydrogen (secondary N) is 1. The van der Waals surface area contributed by atoms with Crippen LogP contribution >= 0.6 is 15.9 Å². The minimum atomic E-state index is -0.943. The number of aromatic nitrogens is 2. The number of imidazole rings is 1. The Bertz CT molecular complexity index is 824. The predicted molar refractivity (Wildman–Crippen MR) is 80.9 cm³/mol. The monoisotopic (exact) mass is 330 g/mol. The quantitative estimate of drug-likeness (QED) is 0.746. The summed E-state index contributed by atoms with van der Waals surface area (Å²) in [5, 5.41) is 9.01. The molecule has 3 aromatic rings. The van der Waals surface area contributed by atoms with E-state index in [2.05, 4.69) is 25.9 Å². The van der Waals surface area contributed by atoms with E-state index in [1.54, 1.807) is 18.2 Å².